The van der Waals surface area contributed by atoms with Crippen LogP contribution < -0.4 is 5.73 Å². The fraction of sp³-hybridized carbons (Fsp3) is 0.800. The molecule has 1 amide bonds. The Morgan fingerprint density at radius 2 is 2.33 bits per heavy atom. The number of rotatable bonds is 4. The molecule has 2 N–H and O–H groups in total. The quantitative estimate of drug-likeness (QED) is 0.350. The number of amides is 1. The second-order valence-corrected chi connectivity index (χ2v) is 1.58. The van der Waals surface area contributed by atoms with E-state index >= 15 is 0 Å². The van der Waals surface area contributed by atoms with Crippen LogP contribution in [0.1, 0.15) is 19.8 Å². The maximum atomic E-state index is 9.84. The lowest BCUT2D eigenvalue weighted by atomic mass is 10.4. The molecule has 0 aromatic rings. The van der Waals surface area contributed by atoms with Crippen LogP contribution in [0.2, 0.25) is 0 Å². The van der Waals surface area contributed by atoms with Gasteiger partial charge in [-0.15, -0.1) is 0 Å². The van der Waals surface area contributed by atoms with Crippen LogP contribution in [0.25, 0.3) is 0 Å². The fourth-order valence-electron chi connectivity index (χ4n) is 0.303. The standard InChI is InChI=1S/C5H11NO3/c1-2-3-4-8-9-5(6)7/h2-4H2,1H3,(H2,6,7). The van der Waals surface area contributed by atoms with Gasteiger partial charge >= 0.3 is 6.09 Å². The molecule has 54 valence electrons. The molecule has 0 saturated heterocycles. The van der Waals surface area contributed by atoms with E-state index in [1.165, 1.54) is 0 Å². The molecule has 0 atom stereocenters. The second kappa shape index (κ2) is 5.37. The molecule has 0 spiro atoms. The van der Waals surface area contributed by atoms with Crippen LogP contribution in [-0.4, -0.2) is 12.7 Å². The minimum Gasteiger partial charge on any atom is -0.333 e. The molecule has 0 aliphatic carbocycles. The van der Waals surface area contributed by atoms with E-state index < -0.39 is 6.09 Å². The highest BCUT2D eigenvalue weighted by molar-refractivity contribution is 5.63. The smallest absolute Gasteiger partial charge is 0.333 e. The zero-order valence-corrected chi connectivity index (χ0v) is 5.42. The van der Waals surface area contributed by atoms with Crippen molar-refractivity contribution in [1.29, 1.82) is 0 Å². The highest BCUT2D eigenvalue weighted by Crippen LogP contribution is 1.87. The van der Waals surface area contributed by atoms with Crippen molar-refractivity contribution in [1.82, 2.24) is 0 Å². The Balaban J connectivity index is 2.83. The van der Waals surface area contributed by atoms with E-state index in [1.54, 1.807) is 0 Å². The van der Waals surface area contributed by atoms with Gasteiger partial charge < -0.3 is 5.73 Å². The predicted octanol–water partition coefficient (Wildman–Crippen LogP) is 0.813. The van der Waals surface area contributed by atoms with E-state index in [-0.39, 0.29) is 0 Å². The van der Waals surface area contributed by atoms with Crippen LogP contribution in [0.4, 0.5) is 4.79 Å². The summed E-state index contributed by atoms with van der Waals surface area (Å²) in [5.41, 5.74) is 4.59. The van der Waals surface area contributed by atoms with Crippen LogP contribution in [0.15, 0.2) is 0 Å². The van der Waals surface area contributed by atoms with Gasteiger partial charge in [0.2, 0.25) is 0 Å². The molecular formula is C5H11NO3. The molecule has 0 aromatic heterocycles. The summed E-state index contributed by atoms with van der Waals surface area (Å²) in [6.45, 7) is 2.42. The van der Waals surface area contributed by atoms with E-state index in [9.17, 15) is 4.79 Å². The minimum atomic E-state index is -0.897. The van der Waals surface area contributed by atoms with Gasteiger partial charge in [-0.2, -0.15) is 4.89 Å². The Hall–Kier alpha value is -0.770. The largest absolute Gasteiger partial charge is 0.436 e. The van der Waals surface area contributed by atoms with Gasteiger partial charge in [-0.3, -0.25) is 4.89 Å². The molecule has 0 heterocycles. The van der Waals surface area contributed by atoms with Crippen LogP contribution in [-0.2, 0) is 9.78 Å². The number of primary amides is 1. The zero-order chi connectivity index (χ0) is 7.11. The number of hydrogen-bond acceptors (Lipinski definition) is 3. The first-order chi connectivity index (χ1) is 4.27. The number of unbranched alkanes of at least 4 members (excludes halogenated alkanes) is 1. The summed E-state index contributed by atoms with van der Waals surface area (Å²) in [7, 11) is 0. The van der Waals surface area contributed by atoms with Gasteiger partial charge in [-0.05, 0) is 6.42 Å². The molecule has 0 radical (unpaired) electrons. The van der Waals surface area contributed by atoms with Crippen molar-refractivity contribution in [2.45, 2.75) is 19.8 Å². The van der Waals surface area contributed by atoms with Crippen LogP contribution >= 0.6 is 0 Å². The molecular weight excluding hydrogens is 122 g/mol. The third-order valence-electron chi connectivity index (χ3n) is 0.722. The SMILES string of the molecule is CCCCOOC(N)=O. The molecule has 4 heteroatoms. The maximum absolute atomic E-state index is 9.84. The minimum absolute atomic E-state index is 0.416. The first kappa shape index (κ1) is 8.23. The monoisotopic (exact) mass is 133 g/mol. The molecule has 0 saturated carbocycles. The van der Waals surface area contributed by atoms with Crippen molar-refractivity contribution in [3.05, 3.63) is 0 Å². The number of carbonyl (C=O) groups is 1. The van der Waals surface area contributed by atoms with Crippen molar-refractivity contribution in [3.63, 3.8) is 0 Å². The number of hydrogen-bond donors (Lipinski definition) is 1. The van der Waals surface area contributed by atoms with Crippen molar-refractivity contribution >= 4 is 6.09 Å². The van der Waals surface area contributed by atoms with Gasteiger partial charge in [0.1, 0.15) is 0 Å². The topological polar surface area (TPSA) is 61.6 Å². The molecule has 9 heavy (non-hydrogen) atoms. The molecule has 0 rings (SSSR count). The number of carbonyl (C=O) groups excluding carboxylic acids is 1. The highest BCUT2D eigenvalue weighted by Gasteiger charge is 1.91. The summed E-state index contributed by atoms with van der Waals surface area (Å²) in [5, 5.41) is 0. The number of nitrogens with two attached hydrogens (primary N) is 1. The summed E-state index contributed by atoms with van der Waals surface area (Å²) in [4.78, 5) is 18.2. The fourth-order valence-corrected chi connectivity index (χ4v) is 0.303. The van der Waals surface area contributed by atoms with Crippen molar-refractivity contribution < 1.29 is 14.6 Å². The molecule has 0 aromatic carbocycles. The van der Waals surface area contributed by atoms with Crippen LogP contribution in [0.5, 0.6) is 0 Å². The first-order valence-electron chi connectivity index (χ1n) is 2.86. The average molecular weight is 133 g/mol. The zero-order valence-electron chi connectivity index (χ0n) is 5.42. The van der Waals surface area contributed by atoms with E-state index in [2.05, 4.69) is 15.5 Å². The summed E-state index contributed by atoms with van der Waals surface area (Å²) < 4.78 is 0. The van der Waals surface area contributed by atoms with E-state index in [1.807, 2.05) is 6.92 Å². The maximum Gasteiger partial charge on any atom is 0.436 e. The van der Waals surface area contributed by atoms with Gasteiger partial charge in [0.25, 0.3) is 0 Å². The van der Waals surface area contributed by atoms with Crippen LogP contribution in [0, 0.1) is 0 Å². The normalized spacial score (nSPS) is 9.00. The van der Waals surface area contributed by atoms with Crippen LogP contribution in [0.3, 0.4) is 0 Å². The Morgan fingerprint density at radius 1 is 1.67 bits per heavy atom. The van der Waals surface area contributed by atoms with Gasteiger partial charge in [-0.1, -0.05) is 13.3 Å². The lowest BCUT2D eigenvalue weighted by Gasteiger charge is -1.96. The third kappa shape index (κ3) is 7.23. The van der Waals surface area contributed by atoms with E-state index in [0.717, 1.165) is 12.8 Å². The van der Waals surface area contributed by atoms with Crippen molar-refractivity contribution in [2.75, 3.05) is 6.61 Å². The predicted molar refractivity (Wildman–Crippen MR) is 31.5 cm³/mol. The summed E-state index contributed by atoms with van der Waals surface area (Å²) >= 11 is 0. The van der Waals surface area contributed by atoms with Gasteiger partial charge in [0, 0.05) is 0 Å². The Labute approximate surface area is 53.9 Å². The summed E-state index contributed by atoms with van der Waals surface area (Å²) in [6, 6.07) is 0. The Kier molecular flexibility index (Phi) is 4.91. The first-order valence-corrected chi connectivity index (χ1v) is 2.86. The molecule has 0 unspecified atom stereocenters. The van der Waals surface area contributed by atoms with Gasteiger partial charge in [0.05, 0.1) is 6.61 Å². The molecule has 4 nitrogen and oxygen atoms in total. The van der Waals surface area contributed by atoms with Crippen molar-refractivity contribution in [3.8, 4) is 0 Å². The average Bonchev–Trinajstić information content (AvgIpc) is 1.80. The lowest BCUT2D eigenvalue weighted by Crippen LogP contribution is -2.13. The summed E-state index contributed by atoms with van der Waals surface area (Å²) in [6.07, 6.45) is 0.973. The third-order valence-corrected chi connectivity index (χ3v) is 0.722. The van der Waals surface area contributed by atoms with Crippen molar-refractivity contribution in [2.24, 2.45) is 5.73 Å². The molecule has 0 aliphatic rings. The Bertz CT molecular complexity index is 84.3. The van der Waals surface area contributed by atoms with Gasteiger partial charge in [-0.25, -0.2) is 4.79 Å². The lowest BCUT2D eigenvalue weighted by molar-refractivity contribution is -0.236. The second-order valence-electron chi connectivity index (χ2n) is 1.58. The van der Waals surface area contributed by atoms with E-state index in [4.69, 9.17) is 0 Å². The highest BCUT2D eigenvalue weighted by atomic mass is 17.2. The van der Waals surface area contributed by atoms with Gasteiger partial charge in [0.15, 0.2) is 0 Å². The summed E-state index contributed by atoms with van der Waals surface area (Å²) in [5.74, 6) is 0. The molecule has 0 aliphatic heterocycles. The molecule has 0 fully saturated rings. The molecule has 0 bridgehead atoms. The van der Waals surface area contributed by atoms with E-state index in [0.29, 0.717) is 6.61 Å². The Morgan fingerprint density at radius 3 is 2.78 bits per heavy atom.